The molecule has 1 amide bonds. The number of halogens is 5. The monoisotopic (exact) mass is 583 g/mol. The zero-order valence-corrected chi connectivity index (χ0v) is 22.3. The third-order valence-corrected chi connectivity index (χ3v) is 7.20. The van der Waals surface area contributed by atoms with Gasteiger partial charge in [-0.1, -0.05) is 42.3 Å². The molecule has 2 atom stereocenters. The third kappa shape index (κ3) is 5.24. The average molecular weight is 584 g/mol. The third-order valence-electron chi connectivity index (χ3n) is 6.56. The van der Waals surface area contributed by atoms with Gasteiger partial charge >= 0.3 is 12.1 Å². The topological polar surface area (TPSA) is 85.3 Å². The Morgan fingerprint density at radius 2 is 1.69 bits per heavy atom. The van der Waals surface area contributed by atoms with Crippen molar-refractivity contribution in [2.24, 2.45) is 0 Å². The normalized spacial score (nSPS) is 15.6. The lowest BCUT2D eigenvalue weighted by atomic mass is 9.77. The molecule has 7 nitrogen and oxygen atoms in total. The van der Waals surface area contributed by atoms with Crippen LogP contribution in [0.3, 0.4) is 0 Å². The SMILES string of the molecule is COC(=O)c1ccc(Oc2ccc(C(C)[C@@](O)(c3ccc4c(c3)N(C)C(=O)CO4)C(F)(F)F)c(Cl)c2)cc1Cl. The number of ether oxygens (including phenoxy) is 3. The molecule has 1 N–H and O–H groups in total. The maximum atomic E-state index is 14.5. The highest BCUT2D eigenvalue weighted by atomic mass is 35.5. The zero-order valence-electron chi connectivity index (χ0n) is 20.8. The van der Waals surface area contributed by atoms with Crippen molar-refractivity contribution in [2.75, 3.05) is 25.7 Å². The van der Waals surface area contributed by atoms with Crippen molar-refractivity contribution in [3.63, 3.8) is 0 Å². The van der Waals surface area contributed by atoms with Crippen LogP contribution in [0.2, 0.25) is 10.0 Å². The van der Waals surface area contributed by atoms with E-state index in [1.165, 1.54) is 68.4 Å². The van der Waals surface area contributed by atoms with Crippen LogP contribution in [0.25, 0.3) is 0 Å². The molecule has 0 fully saturated rings. The lowest BCUT2D eigenvalue weighted by molar-refractivity contribution is -0.274. The number of hydrogen-bond acceptors (Lipinski definition) is 6. The summed E-state index contributed by atoms with van der Waals surface area (Å²) in [5.74, 6) is -2.00. The first-order valence-electron chi connectivity index (χ1n) is 11.5. The number of rotatable bonds is 6. The second-order valence-electron chi connectivity index (χ2n) is 8.83. The first-order chi connectivity index (χ1) is 18.3. The first-order valence-corrected chi connectivity index (χ1v) is 12.2. The van der Waals surface area contributed by atoms with E-state index in [4.69, 9.17) is 32.7 Å². The number of alkyl halides is 3. The Kier molecular flexibility index (Phi) is 7.75. The molecule has 1 aliphatic rings. The molecular formula is C27H22Cl2F3NO6. The minimum Gasteiger partial charge on any atom is -0.482 e. The molecule has 1 aliphatic heterocycles. The van der Waals surface area contributed by atoms with Gasteiger partial charge in [-0.05, 0) is 47.5 Å². The van der Waals surface area contributed by atoms with Gasteiger partial charge in [0.25, 0.3) is 5.91 Å². The van der Waals surface area contributed by atoms with Crippen LogP contribution >= 0.6 is 23.2 Å². The summed E-state index contributed by atoms with van der Waals surface area (Å²) in [6, 6.07) is 11.7. The van der Waals surface area contributed by atoms with Crippen LogP contribution in [0.15, 0.2) is 54.6 Å². The first kappa shape index (κ1) is 28.5. The molecule has 1 heterocycles. The molecule has 12 heteroatoms. The van der Waals surface area contributed by atoms with E-state index in [0.717, 1.165) is 12.1 Å². The molecule has 0 radical (unpaired) electrons. The molecule has 39 heavy (non-hydrogen) atoms. The van der Waals surface area contributed by atoms with E-state index in [1.807, 2.05) is 0 Å². The van der Waals surface area contributed by atoms with Crippen LogP contribution in [-0.2, 0) is 15.1 Å². The smallest absolute Gasteiger partial charge is 0.422 e. The molecule has 0 saturated heterocycles. The van der Waals surface area contributed by atoms with E-state index >= 15 is 0 Å². The average Bonchev–Trinajstić information content (AvgIpc) is 2.89. The van der Waals surface area contributed by atoms with E-state index in [0.29, 0.717) is 0 Å². The number of anilines is 1. The Bertz CT molecular complexity index is 1450. The maximum absolute atomic E-state index is 14.5. The number of nitrogens with zero attached hydrogens (tertiary/aromatic N) is 1. The fourth-order valence-corrected chi connectivity index (χ4v) is 4.87. The standard InChI is InChI=1S/C27H22Cl2F3NO6/c1-14(26(36,27(30,31)32)15-4-9-23-22(10-15)33(2)24(34)13-38-23)18-7-5-16(11-20(18)28)39-17-6-8-19(21(29)12-17)25(35)37-3/h4-12,14,36H,13H2,1-3H3/t14?,26-/m1/s1. The molecule has 0 aliphatic carbocycles. The minimum atomic E-state index is -5.12. The van der Waals surface area contributed by atoms with Gasteiger partial charge in [-0.3, -0.25) is 4.79 Å². The number of hydrogen-bond donors (Lipinski definition) is 1. The summed E-state index contributed by atoms with van der Waals surface area (Å²) >= 11 is 12.5. The van der Waals surface area contributed by atoms with E-state index in [1.54, 1.807) is 0 Å². The number of amides is 1. The molecule has 206 valence electrons. The van der Waals surface area contributed by atoms with Crippen molar-refractivity contribution in [2.45, 2.75) is 24.6 Å². The quantitative estimate of drug-likeness (QED) is 0.334. The molecule has 3 aromatic rings. The molecule has 0 spiro atoms. The van der Waals surface area contributed by atoms with E-state index in [9.17, 15) is 27.9 Å². The fourth-order valence-electron chi connectivity index (χ4n) is 4.29. The Hall–Kier alpha value is -3.47. The van der Waals surface area contributed by atoms with Crippen LogP contribution < -0.4 is 14.4 Å². The molecule has 3 aromatic carbocycles. The van der Waals surface area contributed by atoms with Gasteiger partial charge in [0, 0.05) is 24.1 Å². The Morgan fingerprint density at radius 1 is 1.05 bits per heavy atom. The number of carbonyl (C=O) groups is 2. The summed E-state index contributed by atoms with van der Waals surface area (Å²) in [5.41, 5.74) is -3.62. The van der Waals surface area contributed by atoms with Gasteiger partial charge in [-0.25, -0.2) is 4.79 Å². The van der Waals surface area contributed by atoms with E-state index in [2.05, 4.69) is 4.74 Å². The van der Waals surface area contributed by atoms with Crippen molar-refractivity contribution in [1.82, 2.24) is 0 Å². The van der Waals surface area contributed by atoms with Crippen molar-refractivity contribution in [1.29, 1.82) is 0 Å². The number of fused-ring (bicyclic) bond motifs is 1. The second kappa shape index (κ2) is 10.6. The molecule has 4 rings (SSSR count). The predicted molar refractivity (Wildman–Crippen MR) is 138 cm³/mol. The maximum Gasteiger partial charge on any atom is 0.422 e. The highest BCUT2D eigenvalue weighted by Crippen LogP contribution is 2.51. The van der Waals surface area contributed by atoms with Gasteiger partial charge in [-0.2, -0.15) is 13.2 Å². The van der Waals surface area contributed by atoms with Crippen LogP contribution in [0.1, 0.15) is 34.3 Å². The molecular weight excluding hydrogens is 562 g/mol. The Morgan fingerprint density at radius 3 is 2.28 bits per heavy atom. The molecule has 0 bridgehead atoms. The fraction of sp³-hybridized carbons (Fsp3) is 0.259. The van der Waals surface area contributed by atoms with E-state index in [-0.39, 0.29) is 50.7 Å². The number of methoxy groups -OCH3 is 1. The van der Waals surface area contributed by atoms with Crippen LogP contribution in [0.5, 0.6) is 17.2 Å². The van der Waals surface area contributed by atoms with Gasteiger partial charge in [0.05, 0.1) is 23.4 Å². The van der Waals surface area contributed by atoms with Gasteiger partial charge in [0.15, 0.2) is 12.2 Å². The summed E-state index contributed by atoms with van der Waals surface area (Å²) in [6.45, 7) is 0.958. The predicted octanol–water partition coefficient (Wildman–Crippen LogP) is 6.48. The summed E-state index contributed by atoms with van der Waals surface area (Å²) in [4.78, 5) is 24.9. The van der Waals surface area contributed by atoms with Crippen molar-refractivity contribution < 1.29 is 42.1 Å². The van der Waals surface area contributed by atoms with E-state index < -0.39 is 35.1 Å². The number of benzene rings is 3. The van der Waals surface area contributed by atoms with Crippen LogP contribution in [0.4, 0.5) is 18.9 Å². The number of carbonyl (C=O) groups excluding carboxylic acids is 2. The minimum absolute atomic E-state index is 0.00122. The Labute approximate surface area is 231 Å². The highest BCUT2D eigenvalue weighted by Gasteiger charge is 2.59. The van der Waals surface area contributed by atoms with Crippen molar-refractivity contribution in [3.05, 3.63) is 81.3 Å². The summed E-state index contributed by atoms with van der Waals surface area (Å²) in [7, 11) is 2.63. The zero-order chi connectivity index (χ0) is 28.7. The van der Waals surface area contributed by atoms with Gasteiger partial charge in [0.2, 0.25) is 0 Å². The van der Waals surface area contributed by atoms with Gasteiger partial charge in [0.1, 0.15) is 17.2 Å². The van der Waals surface area contributed by atoms with Crippen LogP contribution in [-0.4, -0.2) is 43.9 Å². The number of aliphatic hydroxyl groups is 1. The number of esters is 1. The Balaban J connectivity index is 1.67. The van der Waals surface area contributed by atoms with Gasteiger partial charge in [-0.15, -0.1) is 0 Å². The molecule has 1 unspecified atom stereocenters. The van der Waals surface area contributed by atoms with Crippen molar-refractivity contribution in [3.8, 4) is 17.2 Å². The molecule has 0 saturated carbocycles. The largest absolute Gasteiger partial charge is 0.482 e. The second-order valence-corrected chi connectivity index (χ2v) is 9.64. The van der Waals surface area contributed by atoms with Crippen molar-refractivity contribution >= 4 is 40.8 Å². The van der Waals surface area contributed by atoms with Gasteiger partial charge < -0.3 is 24.2 Å². The summed E-state index contributed by atoms with van der Waals surface area (Å²) in [6.07, 6.45) is -5.12. The highest BCUT2D eigenvalue weighted by molar-refractivity contribution is 6.33. The lowest BCUT2D eigenvalue weighted by Crippen LogP contribution is -2.47. The summed E-state index contributed by atoms with van der Waals surface area (Å²) < 4.78 is 59.2. The lowest BCUT2D eigenvalue weighted by Gasteiger charge is -2.38. The molecule has 0 aromatic heterocycles. The van der Waals surface area contributed by atoms with Crippen LogP contribution in [0, 0.1) is 0 Å². The number of likely N-dealkylation sites (N-methyl/N-ethyl adjacent to an activating group) is 1. The summed E-state index contributed by atoms with van der Waals surface area (Å²) in [5, 5.41) is 11.2.